The number of sulfonamides is 1. The Hall–Kier alpha value is -3.56. The van der Waals surface area contributed by atoms with E-state index < -0.39 is 34.1 Å². The summed E-state index contributed by atoms with van der Waals surface area (Å²) in [5, 5.41) is 3.29. The number of ether oxygens (including phenoxy) is 1. The first kappa shape index (κ1) is 32.0. The minimum Gasteiger partial charge on any atom is -0.497 e. The predicted octanol–water partition coefficient (Wildman–Crippen LogP) is 5.57. The molecule has 0 bridgehead atoms. The van der Waals surface area contributed by atoms with Gasteiger partial charge in [-0.2, -0.15) is 0 Å². The van der Waals surface area contributed by atoms with Gasteiger partial charge in [-0.15, -0.1) is 0 Å². The lowest BCUT2D eigenvalue weighted by Crippen LogP contribution is -2.55. The van der Waals surface area contributed by atoms with E-state index in [1.807, 2.05) is 58.9 Å². The fourth-order valence-corrected chi connectivity index (χ4v) is 6.01. The van der Waals surface area contributed by atoms with Crippen molar-refractivity contribution in [2.24, 2.45) is 0 Å². The second kappa shape index (κ2) is 13.4. The lowest BCUT2D eigenvalue weighted by molar-refractivity contribution is -0.141. The van der Waals surface area contributed by atoms with Gasteiger partial charge in [0.15, 0.2) is 0 Å². The summed E-state index contributed by atoms with van der Waals surface area (Å²) in [5.74, 6) is -0.345. The van der Waals surface area contributed by atoms with Gasteiger partial charge in [0.2, 0.25) is 11.8 Å². The van der Waals surface area contributed by atoms with E-state index in [-0.39, 0.29) is 23.0 Å². The van der Waals surface area contributed by atoms with E-state index in [2.05, 4.69) is 5.32 Å². The number of benzene rings is 3. The summed E-state index contributed by atoms with van der Waals surface area (Å²) in [6.07, 6.45) is 0.335. The molecule has 8 nitrogen and oxygen atoms in total. The van der Waals surface area contributed by atoms with Gasteiger partial charge in [-0.25, -0.2) is 8.42 Å². The molecule has 0 heterocycles. The Morgan fingerprint density at radius 1 is 1.00 bits per heavy atom. The zero-order valence-electron chi connectivity index (χ0n) is 24.3. The molecular weight excluding hydrogens is 562 g/mol. The van der Waals surface area contributed by atoms with E-state index in [9.17, 15) is 18.0 Å². The summed E-state index contributed by atoms with van der Waals surface area (Å²) in [6.45, 7) is 8.96. The normalized spacial score (nSPS) is 12.4. The molecule has 0 aliphatic rings. The first-order valence-electron chi connectivity index (χ1n) is 13.3. The Morgan fingerprint density at radius 3 is 2.22 bits per heavy atom. The first-order chi connectivity index (χ1) is 19.2. The molecule has 41 heavy (non-hydrogen) atoms. The van der Waals surface area contributed by atoms with Crippen LogP contribution in [0.1, 0.15) is 45.2 Å². The van der Waals surface area contributed by atoms with Crippen LogP contribution in [0.25, 0.3) is 0 Å². The summed E-state index contributed by atoms with van der Waals surface area (Å²) >= 11 is 6.24. The average molecular weight is 600 g/mol. The van der Waals surface area contributed by atoms with E-state index in [1.54, 1.807) is 30.3 Å². The van der Waals surface area contributed by atoms with E-state index in [0.29, 0.717) is 17.2 Å². The summed E-state index contributed by atoms with van der Waals surface area (Å²) < 4.78 is 34.1. The van der Waals surface area contributed by atoms with Crippen molar-refractivity contribution in [2.75, 3.05) is 18.0 Å². The number of methoxy groups -OCH3 is 1. The zero-order chi connectivity index (χ0) is 30.4. The van der Waals surface area contributed by atoms with Crippen molar-refractivity contribution in [1.29, 1.82) is 0 Å². The van der Waals surface area contributed by atoms with Gasteiger partial charge in [0.05, 0.1) is 17.7 Å². The Kier molecular flexibility index (Phi) is 10.4. The van der Waals surface area contributed by atoms with Crippen molar-refractivity contribution >= 4 is 39.1 Å². The predicted molar refractivity (Wildman–Crippen MR) is 163 cm³/mol. The fraction of sp³-hybridized carbons (Fsp3) is 0.355. The van der Waals surface area contributed by atoms with Crippen LogP contribution in [-0.2, 0) is 26.2 Å². The minimum absolute atomic E-state index is 0.0196. The third kappa shape index (κ3) is 8.47. The van der Waals surface area contributed by atoms with Crippen molar-refractivity contribution in [3.05, 3.63) is 88.9 Å². The second-order valence-corrected chi connectivity index (χ2v) is 13.1. The third-order valence-electron chi connectivity index (χ3n) is 6.34. The Bertz CT molecular complexity index is 1470. The molecule has 1 atom stereocenters. The number of carbonyl (C=O) groups excluding carboxylic acids is 2. The van der Waals surface area contributed by atoms with Gasteiger partial charge >= 0.3 is 0 Å². The van der Waals surface area contributed by atoms with Crippen molar-refractivity contribution in [3.63, 3.8) is 0 Å². The van der Waals surface area contributed by atoms with Gasteiger partial charge in [0.1, 0.15) is 18.3 Å². The molecule has 0 unspecified atom stereocenters. The Morgan fingerprint density at radius 2 is 1.66 bits per heavy atom. The van der Waals surface area contributed by atoms with E-state index in [0.717, 1.165) is 15.4 Å². The van der Waals surface area contributed by atoms with Crippen LogP contribution in [0.15, 0.2) is 77.7 Å². The highest BCUT2D eigenvalue weighted by atomic mass is 35.5. The lowest BCUT2D eigenvalue weighted by atomic mass is 10.0. The minimum atomic E-state index is -4.21. The highest BCUT2D eigenvalue weighted by Crippen LogP contribution is 2.28. The maximum absolute atomic E-state index is 14.1. The number of aryl methyl sites for hydroxylation is 1. The molecule has 0 spiro atoms. The smallest absolute Gasteiger partial charge is 0.264 e. The topological polar surface area (TPSA) is 96.0 Å². The molecule has 2 amide bonds. The van der Waals surface area contributed by atoms with Crippen LogP contribution < -0.4 is 14.4 Å². The Labute approximate surface area is 248 Å². The molecule has 3 aromatic rings. The Balaban J connectivity index is 2.08. The number of carbonyl (C=O) groups is 2. The van der Waals surface area contributed by atoms with Crippen LogP contribution in [0.2, 0.25) is 5.02 Å². The van der Waals surface area contributed by atoms with Gasteiger partial charge in [0.25, 0.3) is 10.0 Å². The van der Waals surface area contributed by atoms with Crippen LogP contribution in [-0.4, -0.2) is 50.4 Å². The molecular formula is C31H38ClN3O5S. The van der Waals surface area contributed by atoms with Crippen LogP contribution in [0.5, 0.6) is 5.75 Å². The highest BCUT2D eigenvalue weighted by molar-refractivity contribution is 7.92. The lowest BCUT2D eigenvalue weighted by Gasteiger charge is -2.35. The number of rotatable bonds is 11. The van der Waals surface area contributed by atoms with E-state index in [1.165, 1.54) is 30.2 Å². The molecule has 0 aliphatic heterocycles. The van der Waals surface area contributed by atoms with Gasteiger partial charge in [0, 0.05) is 17.1 Å². The highest BCUT2D eigenvalue weighted by Gasteiger charge is 2.34. The second-order valence-electron chi connectivity index (χ2n) is 10.8. The number of hydrogen-bond acceptors (Lipinski definition) is 5. The summed E-state index contributed by atoms with van der Waals surface area (Å²) in [6, 6.07) is 19.1. The van der Waals surface area contributed by atoms with Crippen LogP contribution in [0, 0.1) is 6.92 Å². The molecule has 1 N–H and O–H groups in total. The van der Waals surface area contributed by atoms with Crippen molar-refractivity contribution in [3.8, 4) is 5.75 Å². The quantitative estimate of drug-likeness (QED) is 0.311. The van der Waals surface area contributed by atoms with Crippen LogP contribution in [0.4, 0.5) is 5.69 Å². The molecule has 0 fully saturated rings. The number of halogens is 1. The SMILES string of the molecule is CC[C@H](C(=O)NC(C)(C)C)N(Cc1cccc(C)c1)C(=O)CN(c1cccc(Cl)c1)S(=O)(=O)c1ccc(OC)cc1. The number of amides is 2. The third-order valence-corrected chi connectivity index (χ3v) is 8.37. The molecule has 0 saturated carbocycles. The van der Waals surface area contributed by atoms with Crippen molar-refractivity contribution in [2.45, 2.75) is 64.1 Å². The maximum Gasteiger partial charge on any atom is 0.264 e. The summed E-state index contributed by atoms with van der Waals surface area (Å²) in [5.41, 5.74) is 1.54. The van der Waals surface area contributed by atoms with Crippen LogP contribution in [0.3, 0.4) is 0 Å². The number of nitrogens with one attached hydrogen (secondary N) is 1. The molecule has 220 valence electrons. The molecule has 0 saturated heterocycles. The van der Waals surface area contributed by atoms with Gasteiger partial charge < -0.3 is 15.0 Å². The zero-order valence-corrected chi connectivity index (χ0v) is 25.9. The number of hydrogen-bond donors (Lipinski definition) is 1. The fourth-order valence-electron chi connectivity index (χ4n) is 4.41. The molecule has 10 heteroatoms. The summed E-state index contributed by atoms with van der Waals surface area (Å²) in [4.78, 5) is 29.0. The average Bonchev–Trinajstić information content (AvgIpc) is 2.90. The maximum atomic E-state index is 14.1. The monoisotopic (exact) mass is 599 g/mol. The van der Waals surface area contributed by atoms with Gasteiger partial charge in [-0.05, 0) is 82.1 Å². The van der Waals surface area contributed by atoms with E-state index >= 15 is 0 Å². The first-order valence-corrected chi connectivity index (χ1v) is 15.2. The van der Waals surface area contributed by atoms with Crippen molar-refractivity contribution in [1.82, 2.24) is 10.2 Å². The number of nitrogens with zero attached hydrogens (tertiary/aromatic N) is 2. The van der Waals surface area contributed by atoms with Gasteiger partial charge in [-0.1, -0.05) is 54.4 Å². The van der Waals surface area contributed by atoms with Crippen LogP contribution >= 0.6 is 11.6 Å². The number of anilines is 1. The van der Waals surface area contributed by atoms with E-state index in [4.69, 9.17) is 16.3 Å². The molecule has 0 aromatic heterocycles. The summed E-state index contributed by atoms with van der Waals surface area (Å²) in [7, 11) is -2.73. The molecule has 0 radical (unpaired) electrons. The largest absolute Gasteiger partial charge is 0.497 e. The van der Waals surface area contributed by atoms with Gasteiger partial charge in [-0.3, -0.25) is 13.9 Å². The molecule has 3 rings (SSSR count). The van der Waals surface area contributed by atoms with Crippen molar-refractivity contribution < 1.29 is 22.7 Å². The molecule has 0 aliphatic carbocycles. The standard InChI is InChI=1S/C31H38ClN3O5S/c1-7-28(30(37)33-31(3,4)5)34(20-23-11-8-10-22(2)18-23)29(36)21-35(25-13-9-12-24(32)19-25)41(38,39)27-16-14-26(40-6)15-17-27/h8-19,28H,7,20-21H2,1-6H3,(H,33,37)/t28-/m1/s1. The molecule has 3 aromatic carbocycles.